The first-order valence-corrected chi connectivity index (χ1v) is 4.96. The van der Waals surface area contributed by atoms with E-state index in [0.29, 0.717) is 5.69 Å². The van der Waals surface area contributed by atoms with E-state index in [9.17, 15) is 0 Å². The lowest BCUT2D eigenvalue weighted by Gasteiger charge is -1.97. The molecule has 3 heterocycles. The highest BCUT2D eigenvalue weighted by molar-refractivity contribution is 5.54. The van der Waals surface area contributed by atoms with Crippen molar-refractivity contribution in [3.8, 4) is 11.4 Å². The number of hydrogen-bond donors (Lipinski definition) is 1. The predicted molar refractivity (Wildman–Crippen MR) is 55.5 cm³/mol. The fourth-order valence-corrected chi connectivity index (χ4v) is 1.52. The van der Waals surface area contributed by atoms with Gasteiger partial charge in [-0.3, -0.25) is 0 Å². The quantitative estimate of drug-likeness (QED) is 0.671. The summed E-state index contributed by atoms with van der Waals surface area (Å²) in [6, 6.07) is 3.71. The van der Waals surface area contributed by atoms with Gasteiger partial charge in [0.05, 0.1) is 6.20 Å². The van der Waals surface area contributed by atoms with Crippen LogP contribution in [-0.2, 0) is 6.42 Å². The Kier molecular flexibility index (Phi) is 1.89. The van der Waals surface area contributed by atoms with Crippen LogP contribution in [0.25, 0.3) is 17.0 Å². The number of H-pyrrole nitrogens is 1. The van der Waals surface area contributed by atoms with Gasteiger partial charge in [-0.05, 0) is 12.1 Å². The molecule has 0 atom stereocenters. The van der Waals surface area contributed by atoms with Crippen molar-refractivity contribution < 1.29 is 0 Å². The Hall–Kier alpha value is -2.31. The Labute approximate surface area is 90.5 Å². The first-order chi connectivity index (χ1) is 7.88. The molecular weight excluding hydrogens is 206 g/mol. The summed E-state index contributed by atoms with van der Waals surface area (Å²) in [5.41, 5.74) is 2.19. The predicted octanol–water partition coefficient (Wildman–Crippen LogP) is 0.472. The van der Waals surface area contributed by atoms with Crippen molar-refractivity contribution in [3.63, 3.8) is 0 Å². The van der Waals surface area contributed by atoms with Crippen LogP contribution in [0.1, 0.15) is 12.7 Å². The van der Waals surface area contributed by atoms with Crippen LogP contribution in [0.5, 0.6) is 0 Å². The molecule has 80 valence electrons. The number of aromatic amines is 1. The summed E-state index contributed by atoms with van der Waals surface area (Å²) < 4.78 is 1.73. The summed E-state index contributed by atoms with van der Waals surface area (Å²) in [6.45, 7) is 2.01. The maximum absolute atomic E-state index is 4.42. The van der Waals surface area contributed by atoms with Gasteiger partial charge in [0, 0.05) is 6.42 Å². The third-order valence-corrected chi connectivity index (χ3v) is 2.32. The molecule has 0 unspecified atom stereocenters. The molecule has 16 heavy (non-hydrogen) atoms. The zero-order valence-electron chi connectivity index (χ0n) is 8.62. The second-order valence-electron chi connectivity index (χ2n) is 3.31. The van der Waals surface area contributed by atoms with E-state index in [4.69, 9.17) is 0 Å². The van der Waals surface area contributed by atoms with Gasteiger partial charge in [-0.15, -0.1) is 10.2 Å². The van der Waals surface area contributed by atoms with Crippen molar-refractivity contribution in [2.75, 3.05) is 0 Å². The Balaban J connectivity index is 2.21. The van der Waals surface area contributed by atoms with Crippen molar-refractivity contribution in [2.45, 2.75) is 13.3 Å². The molecule has 7 heteroatoms. The standard InChI is InChI=1S/C9H9N7/c1-2-8-12-13-9-4-3-6(14-16(8)9)7-5-10-15-11-7/h3-5H,2H2,1H3,(H,10,11,15). The first-order valence-electron chi connectivity index (χ1n) is 4.96. The number of aryl methyl sites for hydroxylation is 1. The number of rotatable bonds is 2. The number of nitrogens with one attached hydrogen (secondary N) is 1. The van der Waals surface area contributed by atoms with E-state index in [1.54, 1.807) is 10.7 Å². The molecule has 3 rings (SSSR count). The molecule has 0 aliphatic heterocycles. The zero-order chi connectivity index (χ0) is 11.0. The van der Waals surface area contributed by atoms with E-state index < -0.39 is 0 Å². The summed E-state index contributed by atoms with van der Waals surface area (Å²) >= 11 is 0. The summed E-state index contributed by atoms with van der Waals surface area (Å²) in [6.07, 6.45) is 2.42. The molecule has 0 fully saturated rings. The highest BCUT2D eigenvalue weighted by Crippen LogP contribution is 2.13. The van der Waals surface area contributed by atoms with Gasteiger partial charge in [0.25, 0.3) is 0 Å². The molecule has 0 saturated heterocycles. The maximum Gasteiger partial charge on any atom is 0.177 e. The third kappa shape index (κ3) is 1.25. The number of aromatic nitrogens is 7. The van der Waals surface area contributed by atoms with Crippen LogP contribution in [0, 0.1) is 0 Å². The lowest BCUT2D eigenvalue weighted by molar-refractivity contribution is 0.824. The number of hydrogen-bond acceptors (Lipinski definition) is 5. The minimum absolute atomic E-state index is 0.706. The maximum atomic E-state index is 4.42. The summed E-state index contributed by atoms with van der Waals surface area (Å²) in [7, 11) is 0. The van der Waals surface area contributed by atoms with Crippen molar-refractivity contribution in [1.82, 2.24) is 35.2 Å². The average molecular weight is 215 g/mol. The van der Waals surface area contributed by atoms with Crippen LogP contribution in [0.2, 0.25) is 0 Å². The molecule has 0 aromatic carbocycles. The molecule has 0 aliphatic rings. The van der Waals surface area contributed by atoms with Gasteiger partial charge < -0.3 is 0 Å². The van der Waals surface area contributed by atoms with E-state index in [0.717, 1.165) is 23.6 Å². The molecule has 3 aromatic rings. The van der Waals surface area contributed by atoms with Crippen molar-refractivity contribution in [3.05, 3.63) is 24.2 Å². The van der Waals surface area contributed by atoms with Crippen LogP contribution in [-0.4, -0.2) is 35.2 Å². The highest BCUT2D eigenvalue weighted by Gasteiger charge is 2.08. The molecule has 0 amide bonds. The fourth-order valence-electron chi connectivity index (χ4n) is 1.52. The van der Waals surface area contributed by atoms with Gasteiger partial charge in [-0.2, -0.15) is 25.0 Å². The van der Waals surface area contributed by atoms with Crippen LogP contribution >= 0.6 is 0 Å². The largest absolute Gasteiger partial charge is 0.197 e. The molecule has 0 aliphatic carbocycles. The van der Waals surface area contributed by atoms with Gasteiger partial charge in [0.1, 0.15) is 11.4 Å². The lowest BCUT2D eigenvalue weighted by Crippen LogP contribution is -1.99. The minimum Gasteiger partial charge on any atom is -0.197 e. The molecule has 3 aromatic heterocycles. The monoisotopic (exact) mass is 215 g/mol. The van der Waals surface area contributed by atoms with Crippen LogP contribution in [0.3, 0.4) is 0 Å². The van der Waals surface area contributed by atoms with Gasteiger partial charge in [0.2, 0.25) is 0 Å². The summed E-state index contributed by atoms with van der Waals surface area (Å²) in [4.78, 5) is 0. The van der Waals surface area contributed by atoms with Crippen molar-refractivity contribution in [2.24, 2.45) is 0 Å². The Morgan fingerprint density at radius 3 is 2.94 bits per heavy atom. The van der Waals surface area contributed by atoms with Gasteiger partial charge in [0.15, 0.2) is 11.5 Å². The second kappa shape index (κ2) is 3.37. The zero-order valence-corrected chi connectivity index (χ0v) is 8.62. The van der Waals surface area contributed by atoms with E-state index >= 15 is 0 Å². The third-order valence-electron chi connectivity index (χ3n) is 2.32. The van der Waals surface area contributed by atoms with Gasteiger partial charge in [-0.25, -0.2) is 0 Å². The van der Waals surface area contributed by atoms with Crippen LogP contribution in [0.15, 0.2) is 18.3 Å². The van der Waals surface area contributed by atoms with E-state index in [1.807, 2.05) is 19.1 Å². The molecule has 7 nitrogen and oxygen atoms in total. The van der Waals surface area contributed by atoms with Gasteiger partial charge in [-0.1, -0.05) is 6.92 Å². The minimum atomic E-state index is 0.706. The number of nitrogens with zero attached hydrogens (tertiary/aromatic N) is 6. The molecular formula is C9H9N7. The van der Waals surface area contributed by atoms with E-state index in [1.165, 1.54) is 0 Å². The first kappa shape index (κ1) is 8.96. The van der Waals surface area contributed by atoms with Crippen molar-refractivity contribution in [1.29, 1.82) is 0 Å². The molecule has 0 saturated carbocycles. The lowest BCUT2D eigenvalue weighted by atomic mass is 10.3. The topological polar surface area (TPSA) is 84.6 Å². The van der Waals surface area contributed by atoms with Crippen molar-refractivity contribution >= 4 is 5.65 Å². The molecule has 0 radical (unpaired) electrons. The average Bonchev–Trinajstić information content (AvgIpc) is 2.97. The molecule has 1 N–H and O–H groups in total. The number of fused-ring (bicyclic) bond motifs is 1. The van der Waals surface area contributed by atoms with Crippen LogP contribution in [0.4, 0.5) is 0 Å². The smallest absolute Gasteiger partial charge is 0.177 e. The summed E-state index contributed by atoms with van der Waals surface area (Å²) in [5.74, 6) is 0.834. The Bertz CT molecular complexity index is 610. The second-order valence-corrected chi connectivity index (χ2v) is 3.31. The SMILES string of the molecule is CCc1nnc2ccc(-c3cn[nH]n3)nn12. The van der Waals surface area contributed by atoms with E-state index in [2.05, 4.69) is 30.7 Å². The fraction of sp³-hybridized carbons (Fsp3) is 0.222. The van der Waals surface area contributed by atoms with E-state index in [-0.39, 0.29) is 0 Å². The normalized spacial score (nSPS) is 11.1. The van der Waals surface area contributed by atoms with Gasteiger partial charge >= 0.3 is 0 Å². The Morgan fingerprint density at radius 2 is 2.19 bits per heavy atom. The summed E-state index contributed by atoms with van der Waals surface area (Å²) in [5, 5.41) is 22.8. The molecule has 0 bridgehead atoms. The Morgan fingerprint density at radius 1 is 1.25 bits per heavy atom. The highest BCUT2D eigenvalue weighted by atomic mass is 15.4. The van der Waals surface area contributed by atoms with Crippen LogP contribution < -0.4 is 0 Å². The molecule has 0 spiro atoms.